The molecule has 0 aromatic heterocycles. The predicted molar refractivity (Wildman–Crippen MR) is 30.5 cm³/mol. The number of amides is 1. The Morgan fingerprint density at radius 2 is 2.50 bits per heavy atom. The largest absolute Gasteiger partial charge is 0.352 e. The molecule has 0 bridgehead atoms. The molecule has 0 aromatic rings. The van der Waals surface area contributed by atoms with Crippen LogP contribution < -0.4 is 10.6 Å². The van der Waals surface area contributed by atoms with Crippen LogP contribution >= 0.6 is 0 Å². The third-order valence-electron chi connectivity index (χ3n) is 1.66. The molecule has 1 aliphatic rings. The first-order valence-corrected chi connectivity index (χ1v) is 2.66. The minimum atomic E-state index is -0.278. The summed E-state index contributed by atoms with van der Waals surface area (Å²) in [7, 11) is 1.79. The van der Waals surface area contributed by atoms with Gasteiger partial charge >= 0.3 is 0 Å². The molecule has 8 heavy (non-hydrogen) atoms. The van der Waals surface area contributed by atoms with Crippen molar-refractivity contribution in [2.24, 2.45) is 0 Å². The van der Waals surface area contributed by atoms with E-state index in [2.05, 4.69) is 10.6 Å². The number of nitrogens with one attached hydrogen (secondary N) is 2. The van der Waals surface area contributed by atoms with Crippen LogP contribution in [0.2, 0.25) is 0 Å². The second-order valence-electron chi connectivity index (χ2n) is 2.26. The van der Waals surface area contributed by atoms with Crippen LogP contribution in [-0.2, 0) is 4.79 Å². The fraction of sp³-hybridized carbons (Fsp3) is 0.800. The van der Waals surface area contributed by atoms with Crippen molar-refractivity contribution >= 4 is 5.91 Å². The van der Waals surface area contributed by atoms with E-state index in [1.165, 1.54) is 0 Å². The molecule has 0 saturated carbocycles. The van der Waals surface area contributed by atoms with Gasteiger partial charge in [0.15, 0.2) is 0 Å². The van der Waals surface area contributed by atoms with Gasteiger partial charge < -0.3 is 10.6 Å². The van der Waals surface area contributed by atoms with E-state index in [0.29, 0.717) is 0 Å². The fourth-order valence-corrected chi connectivity index (χ4v) is 0.628. The Morgan fingerprint density at radius 1 is 1.88 bits per heavy atom. The number of hydrogen-bond donors (Lipinski definition) is 2. The molecule has 1 fully saturated rings. The van der Waals surface area contributed by atoms with E-state index in [1.807, 2.05) is 6.92 Å². The Kier molecular flexibility index (Phi) is 1.01. The van der Waals surface area contributed by atoms with Crippen molar-refractivity contribution in [1.82, 2.24) is 10.6 Å². The molecule has 3 nitrogen and oxygen atoms in total. The Bertz CT molecular complexity index is 120. The maximum Gasteiger partial charge on any atom is 0.241 e. The molecular weight excluding hydrogens is 104 g/mol. The van der Waals surface area contributed by atoms with Crippen molar-refractivity contribution in [3.63, 3.8) is 0 Å². The number of carbonyl (C=O) groups excluding carboxylic acids is 1. The topological polar surface area (TPSA) is 41.1 Å². The second-order valence-corrected chi connectivity index (χ2v) is 2.26. The molecule has 46 valence electrons. The number of carbonyl (C=O) groups is 1. The van der Waals surface area contributed by atoms with Gasteiger partial charge in [-0.2, -0.15) is 0 Å². The van der Waals surface area contributed by atoms with Gasteiger partial charge in [-0.15, -0.1) is 0 Å². The highest BCUT2D eigenvalue weighted by atomic mass is 16.2. The number of β-lactam (4-membered cyclic amide) rings is 1. The van der Waals surface area contributed by atoms with Gasteiger partial charge in [0.25, 0.3) is 0 Å². The van der Waals surface area contributed by atoms with Crippen molar-refractivity contribution in [3.8, 4) is 0 Å². The first-order chi connectivity index (χ1) is 3.69. The average Bonchev–Trinajstić information content (AvgIpc) is 1.83. The zero-order chi connectivity index (χ0) is 6.20. The van der Waals surface area contributed by atoms with Crippen LogP contribution in [0.4, 0.5) is 0 Å². The molecule has 0 aromatic carbocycles. The lowest BCUT2D eigenvalue weighted by Gasteiger charge is -2.36. The predicted octanol–water partition coefficient (Wildman–Crippen LogP) is -0.906. The summed E-state index contributed by atoms with van der Waals surface area (Å²) >= 11 is 0. The summed E-state index contributed by atoms with van der Waals surface area (Å²) in [5.74, 6) is 0.0972. The monoisotopic (exact) mass is 114 g/mol. The fourth-order valence-electron chi connectivity index (χ4n) is 0.628. The minimum absolute atomic E-state index is 0.0972. The smallest absolute Gasteiger partial charge is 0.241 e. The van der Waals surface area contributed by atoms with E-state index in [1.54, 1.807) is 7.05 Å². The van der Waals surface area contributed by atoms with Gasteiger partial charge in [-0.05, 0) is 14.0 Å². The first kappa shape index (κ1) is 5.56. The molecule has 1 rings (SSSR count). The third kappa shape index (κ3) is 0.512. The third-order valence-corrected chi connectivity index (χ3v) is 1.66. The van der Waals surface area contributed by atoms with Crippen LogP contribution in [0.5, 0.6) is 0 Å². The lowest BCUT2D eigenvalue weighted by atomic mass is 9.94. The van der Waals surface area contributed by atoms with Crippen molar-refractivity contribution in [2.45, 2.75) is 12.5 Å². The lowest BCUT2D eigenvalue weighted by molar-refractivity contribution is -0.133. The molecule has 0 radical (unpaired) electrons. The molecule has 1 atom stereocenters. The highest BCUT2D eigenvalue weighted by Crippen LogP contribution is 2.08. The molecule has 0 spiro atoms. The number of rotatable bonds is 1. The zero-order valence-corrected chi connectivity index (χ0v) is 5.12. The molecule has 1 amide bonds. The van der Waals surface area contributed by atoms with E-state index >= 15 is 0 Å². The van der Waals surface area contributed by atoms with Gasteiger partial charge in [0.1, 0.15) is 5.54 Å². The van der Waals surface area contributed by atoms with Gasteiger partial charge in [-0.1, -0.05) is 0 Å². The molecule has 1 heterocycles. The molecule has 1 aliphatic heterocycles. The van der Waals surface area contributed by atoms with Crippen molar-refractivity contribution < 1.29 is 4.79 Å². The van der Waals surface area contributed by atoms with E-state index in [9.17, 15) is 4.79 Å². The van der Waals surface area contributed by atoms with Gasteiger partial charge in [-0.3, -0.25) is 4.79 Å². The molecule has 1 unspecified atom stereocenters. The Balaban J connectivity index is 2.55. The standard InChI is InChI=1S/C5H10N2O/c1-5(6-2)3-7-4(5)8/h6H,3H2,1-2H3,(H,7,8). The maximum atomic E-state index is 10.6. The number of likely N-dealkylation sites (N-methyl/N-ethyl adjacent to an activating group) is 1. The Morgan fingerprint density at radius 3 is 2.50 bits per heavy atom. The average molecular weight is 114 g/mol. The highest BCUT2D eigenvalue weighted by Gasteiger charge is 2.39. The van der Waals surface area contributed by atoms with Crippen molar-refractivity contribution in [3.05, 3.63) is 0 Å². The molecule has 1 saturated heterocycles. The Hall–Kier alpha value is -0.570. The first-order valence-electron chi connectivity index (χ1n) is 2.66. The Labute approximate surface area is 48.5 Å². The quantitative estimate of drug-likeness (QED) is 0.433. The van der Waals surface area contributed by atoms with E-state index in [-0.39, 0.29) is 11.4 Å². The summed E-state index contributed by atoms with van der Waals surface area (Å²) in [6.45, 7) is 2.63. The van der Waals surface area contributed by atoms with E-state index in [0.717, 1.165) is 6.54 Å². The van der Waals surface area contributed by atoms with Crippen LogP contribution in [0.1, 0.15) is 6.92 Å². The summed E-state index contributed by atoms with van der Waals surface area (Å²) in [5.41, 5.74) is -0.278. The van der Waals surface area contributed by atoms with E-state index < -0.39 is 0 Å². The van der Waals surface area contributed by atoms with Crippen LogP contribution in [0.25, 0.3) is 0 Å². The van der Waals surface area contributed by atoms with Crippen LogP contribution in [-0.4, -0.2) is 25.0 Å². The van der Waals surface area contributed by atoms with Gasteiger partial charge in [0, 0.05) is 6.54 Å². The maximum absolute atomic E-state index is 10.6. The summed E-state index contributed by atoms with van der Waals surface area (Å²) < 4.78 is 0. The highest BCUT2D eigenvalue weighted by molar-refractivity contribution is 5.92. The van der Waals surface area contributed by atoms with Gasteiger partial charge in [0.2, 0.25) is 5.91 Å². The summed E-state index contributed by atoms with van der Waals surface area (Å²) in [4.78, 5) is 10.6. The number of hydrogen-bond acceptors (Lipinski definition) is 2. The second kappa shape index (κ2) is 1.45. The molecule has 0 aliphatic carbocycles. The molecular formula is C5H10N2O. The van der Waals surface area contributed by atoms with Gasteiger partial charge in [-0.25, -0.2) is 0 Å². The SMILES string of the molecule is CNC1(C)CNC1=O. The summed E-state index contributed by atoms with van der Waals surface area (Å²) in [6.07, 6.45) is 0. The molecule has 3 heteroatoms. The van der Waals surface area contributed by atoms with Crippen LogP contribution in [0.3, 0.4) is 0 Å². The summed E-state index contributed by atoms with van der Waals surface area (Å²) in [6, 6.07) is 0. The van der Waals surface area contributed by atoms with Gasteiger partial charge in [0.05, 0.1) is 0 Å². The normalized spacial score (nSPS) is 36.0. The molecule has 2 N–H and O–H groups in total. The lowest BCUT2D eigenvalue weighted by Crippen LogP contribution is -2.69. The van der Waals surface area contributed by atoms with Crippen LogP contribution in [0, 0.1) is 0 Å². The zero-order valence-electron chi connectivity index (χ0n) is 5.12. The van der Waals surface area contributed by atoms with E-state index in [4.69, 9.17) is 0 Å². The van der Waals surface area contributed by atoms with Crippen LogP contribution in [0.15, 0.2) is 0 Å². The summed E-state index contributed by atoms with van der Waals surface area (Å²) in [5, 5.41) is 5.56. The van der Waals surface area contributed by atoms with Crippen molar-refractivity contribution in [1.29, 1.82) is 0 Å². The van der Waals surface area contributed by atoms with Crippen molar-refractivity contribution in [2.75, 3.05) is 13.6 Å². The minimum Gasteiger partial charge on any atom is -0.352 e.